The van der Waals surface area contributed by atoms with E-state index in [1.807, 2.05) is 18.2 Å². The van der Waals surface area contributed by atoms with Crippen molar-refractivity contribution >= 4 is 0 Å². The van der Waals surface area contributed by atoms with Crippen LogP contribution >= 0.6 is 0 Å². The van der Waals surface area contributed by atoms with Gasteiger partial charge in [0.15, 0.2) is 0 Å². The van der Waals surface area contributed by atoms with Crippen molar-refractivity contribution in [2.75, 3.05) is 7.11 Å². The van der Waals surface area contributed by atoms with Gasteiger partial charge in [0.25, 0.3) is 0 Å². The van der Waals surface area contributed by atoms with Gasteiger partial charge < -0.3 is 4.74 Å². The van der Waals surface area contributed by atoms with Gasteiger partial charge >= 0.3 is 0 Å². The summed E-state index contributed by atoms with van der Waals surface area (Å²) in [4.78, 5) is 0. The summed E-state index contributed by atoms with van der Waals surface area (Å²) in [7, 11) is 1.68. The van der Waals surface area contributed by atoms with Gasteiger partial charge in [0.1, 0.15) is 5.75 Å². The standard InChI is InChI=1S/C13H18O/c1-5-13(3,6-2)11-7-9-12(14-4)10-8-11/h5,7-10H,1,6H2,2-4H3/t13-/m1/s1. The minimum atomic E-state index is 0.0757. The Balaban J connectivity index is 3.01. The van der Waals surface area contributed by atoms with E-state index in [1.165, 1.54) is 5.56 Å². The molecule has 0 spiro atoms. The summed E-state index contributed by atoms with van der Waals surface area (Å²) in [6.45, 7) is 8.26. The first-order valence-electron chi connectivity index (χ1n) is 4.94. The largest absolute Gasteiger partial charge is 0.497 e. The van der Waals surface area contributed by atoms with Crippen LogP contribution in [0.1, 0.15) is 25.8 Å². The van der Waals surface area contributed by atoms with Gasteiger partial charge in [0, 0.05) is 5.41 Å². The molecule has 0 fully saturated rings. The lowest BCUT2D eigenvalue weighted by Crippen LogP contribution is -2.16. The van der Waals surface area contributed by atoms with E-state index in [0.717, 1.165) is 12.2 Å². The van der Waals surface area contributed by atoms with Crippen molar-refractivity contribution in [3.8, 4) is 5.75 Å². The lowest BCUT2D eigenvalue weighted by atomic mass is 9.80. The zero-order valence-electron chi connectivity index (χ0n) is 9.21. The summed E-state index contributed by atoms with van der Waals surface area (Å²) >= 11 is 0. The molecule has 0 aliphatic carbocycles. The average Bonchev–Trinajstić information content (AvgIpc) is 2.28. The van der Waals surface area contributed by atoms with Crippen LogP contribution in [0.4, 0.5) is 0 Å². The van der Waals surface area contributed by atoms with Crippen LogP contribution in [0.3, 0.4) is 0 Å². The molecular weight excluding hydrogens is 172 g/mol. The summed E-state index contributed by atoms with van der Waals surface area (Å²) < 4.78 is 5.12. The van der Waals surface area contributed by atoms with Crippen LogP contribution < -0.4 is 4.74 Å². The van der Waals surface area contributed by atoms with E-state index < -0.39 is 0 Å². The van der Waals surface area contributed by atoms with Gasteiger partial charge in [0.2, 0.25) is 0 Å². The Kier molecular flexibility index (Phi) is 3.34. The molecule has 0 aliphatic rings. The molecule has 0 heterocycles. The first-order valence-corrected chi connectivity index (χ1v) is 4.94. The van der Waals surface area contributed by atoms with Crippen LogP contribution in [-0.2, 0) is 5.41 Å². The van der Waals surface area contributed by atoms with Crippen molar-refractivity contribution in [1.29, 1.82) is 0 Å². The van der Waals surface area contributed by atoms with Gasteiger partial charge in [0.05, 0.1) is 7.11 Å². The molecule has 0 unspecified atom stereocenters. The number of methoxy groups -OCH3 is 1. The maximum Gasteiger partial charge on any atom is 0.118 e. The van der Waals surface area contributed by atoms with Crippen molar-refractivity contribution in [1.82, 2.24) is 0 Å². The normalized spacial score (nSPS) is 14.5. The Labute approximate surface area is 86.4 Å². The monoisotopic (exact) mass is 190 g/mol. The minimum absolute atomic E-state index is 0.0757. The highest BCUT2D eigenvalue weighted by Gasteiger charge is 2.19. The second kappa shape index (κ2) is 4.32. The fraction of sp³-hybridized carbons (Fsp3) is 0.385. The zero-order chi connectivity index (χ0) is 10.6. The third kappa shape index (κ3) is 1.98. The molecule has 76 valence electrons. The highest BCUT2D eigenvalue weighted by molar-refractivity contribution is 5.34. The van der Waals surface area contributed by atoms with Gasteiger partial charge in [-0.05, 0) is 24.1 Å². The van der Waals surface area contributed by atoms with Crippen LogP contribution in [0.15, 0.2) is 36.9 Å². The molecule has 1 atom stereocenters. The van der Waals surface area contributed by atoms with Gasteiger partial charge in [-0.25, -0.2) is 0 Å². The summed E-state index contributed by atoms with van der Waals surface area (Å²) in [5.41, 5.74) is 1.36. The second-order valence-corrected chi connectivity index (χ2v) is 3.70. The zero-order valence-corrected chi connectivity index (χ0v) is 9.21. The quantitative estimate of drug-likeness (QED) is 0.660. The van der Waals surface area contributed by atoms with Crippen molar-refractivity contribution < 1.29 is 4.74 Å². The molecule has 0 saturated heterocycles. The van der Waals surface area contributed by atoms with Crippen LogP contribution in [-0.4, -0.2) is 7.11 Å². The van der Waals surface area contributed by atoms with E-state index in [-0.39, 0.29) is 5.41 Å². The number of allylic oxidation sites excluding steroid dienone is 1. The van der Waals surface area contributed by atoms with E-state index >= 15 is 0 Å². The van der Waals surface area contributed by atoms with Crippen molar-refractivity contribution in [3.63, 3.8) is 0 Å². The second-order valence-electron chi connectivity index (χ2n) is 3.70. The maximum atomic E-state index is 5.12. The van der Waals surface area contributed by atoms with Gasteiger partial charge in [-0.1, -0.05) is 32.1 Å². The molecule has 0 amide bonds. The molecule has 0 saturated carbocycles. The molecule has 0 aliphatic heterocycles. The van der Waals surface area contributed by atoms with Gasteiger partial charge in [-0.3, -0.25) is 0 Å². The molecule has 1 heteroatoms. The number of benzene rings is 1. The van der Waals surface area contributed by atoms with E-state index in [1.54, 1.807) is 7.11 Å². The van der Waals surface area contributed by atoms with E-state index in [9.17, 15) is 0 Å². The van der Waals surface area contributed by atoms with E-state index in [2.05, 4.69) is 32.6 Å². The highest BCUT2D eigenvalue weighted by Crippen LogP contribution is 2.29. The predicted molar refractivity (Wildman–Crippen MR) is 60.8 cm³/mol. The van der Waals surface area contributed by atoms with Crippen LogP contribution in [0.5, 0.6) is 5.75 Å². The Morgan fingerprint density at radius 1 is 1.36 bits per heavy atom. The molecule has 1 rings (SSSR count). The molecule has 14 heavy (non-hydrogen) atoms. The minimum Gasteiger partial charge on any atom is -0.497 e. The lowest BCUT2D eigenvalue weighted by molar-refractivity contribution is 0.414. The molecule has 0 N–H and O–H groups in total. The number of ether oxygens (including phenoxy) is 1. The average molecular weight is 190 g/mol. The molecule has 1 aromatic carbocycles. The lowest BCUT2D eigenvalue weighted by Gasteiger charge is -2.24. The first kappa shape index (κ1) is 10.8. The van der Waals surface area contributed by atoms with Crippen LogP contribution in [0.2, 0.25) is 0 Å². The Morgan fingerprint density at radius 2 is 1.93 bits per heavy atom. The smallest absolute Gasteiger partial charge is 0.118 e. The predicted octanol–water partition coefficient (Wildman–Crippen LogP) is 3.55. The molecular formula is C13H18O. The van der Waals surface area contributed by atoms with Crippen LogP contribution in [0.25, 0.3) is 0 Å². The summed E-state index contributed by atoms with van der Waals surface area (Å²) in [5, 5.41) is 0. The molecule has 1 aromatic rings. The molecule has 0 bridgehead atoms. The van der Waals surface area contributed by atoms with E-state index in [4.69, 9.17) is 4.74 Å². The summed E-state index contributed by atoms with van der Waals surface area (Å²) in [6, 6.07) is 8.19. The Bertz CT molecular complexity index is 300. The molecule has 0 aromatic heterocycles. The van der Waals surface area contributed by atoms with Gasteiger partial charge in [-0.2, -0.15) is 0 Å². The highest BCUT2D eigenvalue weighted by atomic mass is 16.5. The maximum absolute atomic E-state index is 5.12. The Hall–Kier alpha value is -1.24. The molecule has 1 nitrogen and oxygen atoms in total. The number of hydrogen-bond acceptors (Lipinski definition) is 1. The topological polar surface area (TPSA) is 9.23 Å². The first-order chi connectivity index (χ1) is 6.66. The summed E-state index contributed by atoms with van der Waals surface area (Å²) in [6.07, 6.45) is 3.07. The van der Waals surface area contributed by atoms with Crippen molar-refractivity contribution in [2.45, 2.75) is 25.7 Å². The van der Waals surface area contributed by atoms with Crippen molar-refractivity contribution in [2.24, 2.45) is 0 Å². The Morgan fingerprint density at radius 3 is 2.29 bits per heavy atom. The van der Waals surface area contributed by atoms with Crippen LogP contribution in [0, 0.1) is 0 Å². The fourth-order valence-corrected chi connectivity index (χ4v) is 1.44. The molecule has 0 radical (unpaired) electrons. The fourth-order valence-electron chi connectivity index (χ4n) is 1.44. The van der Waals surface area contributed by atoms with Gasteiger partial charge in [-0.15, -0.1) is 6.58 Å². The third-order valence-electron chi connectivity index (χ3n) is 2.93. The number of hydrogen-bond donors (Lipinski definition) is 0. The van der Waals surface area contributed by atoms with E-state index in [0.29, 0.717) is 0 Å². The van der Waals surface area contributed by atoms with Crippen molar-refractivity contribution in [3.05, 3.63) is 42.5 Å². The number of rotatable bonds is 4. The summed E-state index contributed by atoms with van der Waals surface area (Å²) in [5.74, 6) is 0.899. The SMILES string of the molecule is C=C[C@](C)(CC)c1ccc(OC)cc1. The third-order valence-corrected chi connectivity index (χ3v) is 2.93.